The van der Waals surface area contributed by atoms with E-state index in [0.29, 0.717) is 28.4 Å². The second-order valence-electron chi connectivity index (χ2n) is 10.4. The molecule has 3 amide bonds. The fourth-order valence-corrected chi connectivity index (χ4v) is 5.22. The molecule has 4 bridgehead atoms. The molecule has 1 saturated heterocycles. The summed E-state index contributed by atoms with van der Waals surface area (Å²) in [6.45, 7) is 0.408. The monoisotopic (exact) mass is 597 g/mol. The van der Waals surface area contributed by atoms with Gasteiger partial charge in [0, 0.05) is 36.6 Å². The maximum atomic E-state index is 13.6. The van der Waals surface area contributed by atoms with Crippen molar-refractivity contribution in [2.24, 2.45) is 0 Å². The average molecular weight is 598 g/mol. The zero-order valence-corrected chi connectivity index (χ0v) is 24.2. The molecule has 0 radical (unpaired) electrons. The number of hydrogen-bond donors (Lipinski definition) is 2. The number of aromatic nitrogens is 2. The van der Waals surface area contributed by atoms with Crippen molar-refractivity contribution in [3.05, 3.63) is 95.8 Å². The van der Waals surface area contributed by atoms with Crippen molar-refractivity contribution in [1.82, 2.24) is 25.3 Å². The number of rotatable bonds is 4. The van der Waals surface area contributed by atoms with E-state index in [9.17, 15) is 14.4 Å². The van der Waals surface area contributed by atoms with Crippen molar-refractivity contribution in [1.29, 1.82) is 0 Å². The number of carbonyl (C=O) groups is 3. The van der Waals surface area contributed by atoms with Crippen molar-refractivity contribution in [2.75, 3.05) is 33.9 Å². The zero-order valence-electron chi connectivity index (χ0n) is 24.2. The third-order valence-corrected chi connectivity index (χ3v) is 7.53. The minimum absolute atomic E-state index is 0.192. The Balaban J connectivity index is 1.30. The summed E-state index contributed by atoms with van der Waals surface area (Å²) >= 11 is 0. The smallest absolute Gasteiger partial charge is 0.258 e. The predicted octanol–water partition coefficient (Wildman–Crippen LogP) is 2.60. The number of nitrogens with zero attached hydrogens (tertiary/aromatic N) is 3. The van der Waals surface area contributed by atoms with E-state index < -0.39 is 18.1 Å². The standard InChI is InChI=1S/C32H31N5O7/c1-41-25-11-7-22-15-28(25)43-19-30(38)33-16-20-4-10-26(27(14-20)42-2)44-29-18-36(17-24(29)35-31(22)39)32(40)21-5-8-23(9-6-21)37-13-3-12-34-37/h3-15,24,29H,16-19H2,1-2H3,(H,33,38)(H,35,39)/t24-,29-/m0/s1. The van der Waals surface area contributed by atoms with Crippen LogP contribution in [0.2, 0.25) is 0 Å². The van der Waals surface area contributed by atoms with Crippen molar-refractivity contribution in [2.45, 2.75) is 18.7 Å². The minimum Gasteiger partial charge on any atom is -0.493 e. The topological polar surface area (TPSA) is 133 Å². The van der Waals surface area contributed by atoms with Crippen LogP contribution in [0.5, 0.6) is 23.0 Å². The van der Waals surface area contributed by atoms with Crippen LogP contribution in [0.1, 0.15) is 26.3 Å². The normalized spacial score (nSPS) is 18.3. The molecule has 226 valence electrons. The molecule has 4 aromatic rings. The number of amides is 3. The van der Waals surface area contributed by atoms with E-state index >= 15 is 0 Å². The molecule has 3 aliphatic rings. The van der Waals surface area contributed by atoms with E-state index in [0.717, 1.165) is 11.3 Å². The Morgan fingerprint density at radius 3 is 2.52 bits per heavy atom. The van der Waals surface area contributed by atoms with Crippen LogP contribution in [0.25, 0.3) is 5.69 Å². The molecule has 3 aliphatic heterocycles. The van der Waals surface area contributed by atoms with Gasteiger partial charge in [0.2, 0.25) is 0 Å². The first-order valence-corrected chi connectivity index (χ1v) is 14.0. The number of hydrogen-bond acceptors (Lipinski definition) is 8. The maximum Gasteiger partial charge on any atom is 0.258 e. The van der Waals surface area contributed by atoms with Crippen LogP contribution < -0.4 is 29.6 Å². The van der Waals surface area contributed by atoms with Crippen LogP contribution in [0.4, 0.5) is 0 Å². The van der Waals surface area contributed by atoms with Crippen molar-refractivity contribution in [3.63, 3.8) is 0 Å². The molecule has 12 heteroatoms. The molecular formula is C32H31N5O7. The van der Waals surface area contributed by atoms with Gasteiger partial charge in [0.25, 0.3) is 17.7 Å². The van der Waals surface area contributed by atoms with Gasteiger partial charge < -0.3 is 34.5 Å². The molecular weight excluding hydrogens is 566 g/mol. The van der Waals surface area contributed by atoms with E-state index in [2.05, 4.69) is 15.7 Å². The van der Waals surface area contributed by atoms with Gasteiger partial charge in [-0.05, 0) is 66.2 Å². The molecule has 44 heavy (non-hydrogen) atoms. The lowest BCUT2D eigenvalue weighted by atomic mass is 10.1. The number of likely N-dealkylation sites (tertiary alicyclic amines) is 1. The van der Waals surface area contributed by atoms with Gasteiger partial charge in [0.15, 0.2) is 29.6 Å². The Morgan fingerprint density at radius 1 is 0.955 bits per heavy atom. The molecule has 2 atom stereocenters. The lowest BCUT2D eigenvalue weighted by Crippen LogP contribution is -2.45. The van der Waals surface area contributed by atoms with Crippen molar-refractivity contribution in [3.8, 4) is 28.7 Å². The highest BCUT2D eigenvalue weighted by molar-refractivity contribution is 5.96. The van der Waals surface area contributed by atoms with Gasteiger partial charge in [-0.25, -0.2) is 4.68 Å². The van der Waals surface area contributed by atoms with Gasteiger partial charge in [-0.2, -0.15) is 5.10 Å². The van der Waals surface area contributed by atoms with E-state index in [1.165, 1.54) is 20.3 Å². The minimum atomic E-state index is -0.588. The van der Waals surface area contributed by atoms with E-state index in [1.54, 1.807) is 52.2 Å². The fraction of sp³-hybridized carbons (Fsp3) is 0.250. The maximum absolute atomic E-state index is 13.6. The van der Waals surface area contributed by atoms with Crippen LogP contribution in [0.15, 0.2) is 79.1 Å². The number of methoxy groups -OCH3 is 2. The Labute approximate surface area is 253 Å². The lowest BCUT2D eigenvalue weighted by molar-refractivity contribution is -0.123. The summed E-state index contributed by atoms with van der Waals surface area (Å²) in [7, 11) is 3.00. The SMILES string of the molecule is COc1ccc2cc1OCC(=O)NCc1ccc(c(OC)c1)O[C@H]1CN(C(=O)c3ccc(-n4cccn4)cc3)C[C@@H]1NC2=O. The fourth-order valence-electron chi connectivity index (χ4n) is 5.22. The Hall–Kier alpha value is -5.52. The second kappa shape index (κ2) is 12.4. The molecule has 12 nitrogen and oxygen atoms in total. The summed E-state index contributed by atoms with van der Waals surface area (Å²) in [5.74, 6) is 0.597. The summed E-state index contributed by atoms with van der Waals surface area (Å²) in [4.78, 5) is 41.3. The first-order chi connectivity index (χ1) is 21.4. The van der Waals surface area contributed by atoms with E-state index in [4.69, 9.17) is 18.9 Å². The van der Waals surface area contributed by atoms with Crippen molar-refractivity contribution < 1.29 is 33.3 Å². The van der Waals surface area contributed by atoms with Crippen LogP contribution in [-0.4, -0.2) is 78.5 Å². The predicted molar refractivity (Wildman–Crippen MR) is 158 cm³/mol. The highest BCUT2D eigenvalue weighted by Gasteiger charge is 2.39. The van der Waals surface area contributed by atoms with Gasteiger partial charge >= 0.3 is 0 Å². The number of fused-ring (bicyclic) bond motifs is 7. The van der Waals surface area contributed by atoms with Crippen LogP contribution in [0.3, 0.4) is 0 Å². The van der Waals surface area contributed by atoms with Gasteiger partial charge in [-0.1, -0.05) is 6.07 Å². The third kappa shape index (κ3) is 6.00. The molecule has 2 N–H and O–H groups in total. The Morgan fingerprint density at radius 2 is 1.77 bits per heavy atom. The third-order valence-electron chi connectivity index (χ3n) is 7.53. The largest absolute Gasteiger partial charge is 0.493 e. The number of nitrogens with one attached hydrogen (secondary N) is 2. The highest BCUT2D eigenvalue weighted by atomic mass is 16.5. The molecule has 0 saturated carbocycles. The molecule has 7 rings (SSSR count). The summed E-state index contributed by atoms with van der Waals surface area (Å²) < 4.78 is 24.8. The quantitative estimate of drug-likeness (QED) is 0.367. The van der Waals surface area contributed by atoms with Crippen molar-refractivity contribution >= 4 is 17.7 Å². The average Bonchev–Trinajstić information content (AvgIpc) is 3.73. The first-order valence-electron chi connectivity index (χ1n) is 14.0. The Bertz CT molecular complexity index is 1670. The highest BCUT2D eigenvalue weighted by Crippen LogP contribution is 2.32. The van der Waals surface area contributed by atoms with Crippen LogP contribution in [0, 0.1) is 0 Å². The second-order valence-corrected chi connectivity index (χ2v) is 10.4. The van der Waals surface area contributed by atoms with E-state index in [-0.39, 0.29) is 43.8 Å². The molecule has 3 aromatic carbocycles. The first kappa shape index (κ1) is 28.6. The number of ether oxygens (including phenoxy) is 4. The summed E-state index contributed by atoms with van der Waals surface area (Å²) in [5.41, 5.74) is 2.42. The van der Waals surface area contributed by atoms with Gasteiger partial charge in [-0.3, -0.25) is 14.4 Å². The number of carbonyl (C=O) groups excluding carboxylic acids is 3. The molecule has 0 spiro atoms. The van der Waals surface area contributed by atoms with Gasteiger partial charge in [0.1, 0.15) is 6.10 Å². The van der Waals surface area contributed by atoms with Gasteiger partial charge in [0.05, 0.1) is 32.5 Å². The van der Waals surface area contributed by atoms with E-state index in [1.807, 2.05) is 30.5 Å². The zero-order chi connectivity index (χ0) is 30.6. The summed E-state index contributed by atoms with van der Waals surface area (Å²) in [6.07, 6.45) is 2.93. The molecule has 1 fully saturated rings. The van der Waals surface area contributed by atoms with Crippen LogP contribution in [-0.2, 0) is 11.3 Å². The Kier molecular flexibility index (Phi) is 8.04. The number of benzene rings is 3. The molecule has 1 aromatic heterocycles. The lowest BCUT2D eigenvalue weighted by Gasteiger charge is -2.22. The molecule has 0 unspecified atom stereocenters. The van der Waals surface area contributed by atoms with Gasteiger partial charge in [-0.15, -0.1) is 0 Å². The summed E-state index contributed by atoms with van der Waals surface area (Å²) in [6, 6.07) is 18.5. The van der Waals surface area contributed by atoms with Crippen LogP contribution >= 0.6 is 0 Å². The molecule has 4 heterocycles. The molecule has 0 aliphatic carbocycles. The summed E-state index contributed by atoms with van der Waals surface area (Å²) in [5, 5.41) is 10.1.